The number of rotatable bonds is 9. The number of nitrogens with zero attached hydrogens (tertiary/aromatic N) is 3. The lowest BCUT2D eigenvalue weighted by Gasteiger charge is -2.36. The second-order valence-corrected chi connectivity index (χ2v) is 10.7. The van der Waals surface area contributed by atoms with E-state index in [-0.39, 0.29) is 12.4 Å². The molecule has 1 fully saturated rings. The Morgan fingerprint density at radius 1 is 0.949 bits per heavy atom. The maximum absolute atomic E-state index is 12.1. The molecule has 39 heavy (non-hydrogen) atoms. The zero-order chi connectivity index (χ0) is 27.0. The van der Waals surface area contributed by atoms with Crippen LogP contribution in [-0.4, -0.2) is 85.3 Å². The topological polar surface area (TPSA) is 101 Å². The third kappa shape index (κ3) is 7.19. The van der Waals surface area contributed by atoms with Crippen LogP contribution in [0.3, 0.4) is 0 Å². The molecule has 0 aliphatic carbocycles. The van der Waals surface area contributed by atoms with Crippen LogP contribution in [0.2, 0.25) is 0 Å². The van der Waals surface area contributed by atoms with Crippen molar-refractivity contribution in [3.8, 4) is 5.75 Å². The van der Waals surface area contributed by atoms with E-state index < -0.39 is 12.0 Å². The van der Waals surface area contributed by atoms with Crippen LogP contribution >= 0.6 is 11.8 Å². The van der Waals surface area contributed by atoms with Gasteiger partial charge in [0.2, 0.25) is 0 Å². The fraction of sp³-hybridized carbons (Fsp3) is 0.333. The van der Waals surface area contributed by atoms with E-state index in [0.717, 1.165) is 65.2 Å². The molecule has 0 saturated carbocycles. The highest BCUT2D eigenvalue weighted by atomic mass is 32.2. The van der Waals surface area contributed by atoms with Crippen LogP contribution in [0.1, 0.15) is 11.1 Å². The van der Waals surface area contributed by atoms with Crippen molar-refractivity contribution in [2.75, 3.05) is 52.5 Å². The van der Waals surface area contributed by atoms with Gasteiger partial charge in [0.05, 0.1) is 18.9 Å². The standard InChI is InChI=1S/C30H34N4O4S/c31-25(20-22-6-2-1-3-7-22)30(36)38-19-18-37-17-16-33-12-14-34(15-13-33)29-24-8-4-5-9-27(24)39-28-21-23(35)10-11-26(28)32-29/h1-11,21,25,35H,12-20,31H2/t25-/m1/s1. The maximum atomic E-state index is 12.1. The minimum atomic E-state index is -0.673. The van der Waals surface area contributed by atoms with Gasteiger partial charge in [0.1, 0.15) is 24.2 Å². The first kappa shape index (κ1) is 27.2. The van der Waals surface area contributed by atoms with Crippen LogP contribution in [0, 0.1) is 0 Å². The molecule has 2 aliphatic rings. The summed E-state index contributed by atoms with van der Waals surface area (Å²) in [5.74, 6) is 0.822. The molecule has 2 aliphatic heterocycles. The Kier molecular flexibility index (Phi) is 9.15. The average Bonchev–Trinajstić information content (AvgIpc) is 3.12. The van der Waals surface area contributed by atoms with E-state index in [1.165, 1.54) is 0 Å². The summed E-state index contributed by atoms with van der Waals surface area (Å²) in [7, 11) is 0. The van der Waals surface area contributed by atoms with Gasteiger partial charge in [-0.3, -0.25) is 9.69 Å². The van der Waals surface area contributed by atoms with E-state index in [0.29, 0.717) is 19.6 Å². The first-order valence-electron chi connectivity index (χ1n) is 13.3. The summed E-state index contributed by atoms with van der Waals surface area (Å²) in [6.07, 6.45) is 0.458. The molecule has 3 aromatic rings. The number of amidine groups is 1. The van der Waals surface area contributed by atoms with Gasteiger partial charge >= 0.3 is 5.97 Å². The Balaban J connectivity index is 1.05. The number of esters is 1. The molecule has 0 amide bonds. The fourth-order valence-corrected chi connectivity index (χ4v) is 5.74. The first-order valence-corrected chi connectivity index (χ1v) is 14.1. The normalized spacial score (nSPS) is 16.0. The largest absolute Gasteiger partial charge is 0.508 e. The molecular formula is C30H34N4O4S. The van der Waals surface area contributed by atoms with Crippen molar-refractivity contribution in [2.45, 2.75) is 22.3 Å². The predicted octanol–water partition coefficient (Wildman–Crippen LogP) is 3.68. The molecule has 3 N–H and O–H groups in total. The number of fused-ring (bicyclic) bond motifs is 2. The van der Waals surface area contributed by atoms with Crippen LogP contribution in [-0.2, 0) is 20.7 Å². The number of piperazine rings is 1. The molecule has 5 rings (SSSR count). The van der Waals surface area contributed by atoms with Crippen molar-refractivity contribution >= 4 is 29.3 Å². The Bertz CT molecular complexity index is 1300. The Labute approximate surface area is 233 Å². The molecule has 1 saturated heterocycles. The molecule has 0 unspecified atom stereocenters. The van der Waals surface area contributed by atoms with Crippen molar-refractivity contribution in [1.29, 1.82) is 0 Å². The van der Waals surface area contributed by atoms with Gasteiger partial charge in [-0.25, -0.2) is 4.99 Å². The zero-order valence-electron chi connectivity index (χ0n) is 21.9. The van der Waals surface area contributed by atoms with E-state index in [9.17, 15) is 9.90 Å². The van der Waals surface area contributed by atoms with Crippen LogP contribution in [0.5, 0.6) is 5.75 Å². The van der Waals surface area contributed by atoms with Gasteiger partial charge in [0, 0.05) is 48.1 Å². The summed E-state index contributed by atoms with van der Waals surface area (Å²) < 4.78 is 11.0. The number of phenolic OH excluding ortho intramolecular Hbond substituents is 1. The van der Waals surface area contributed by atoms with Gasteiger partial charge in [-0.05, 0) is 36.2 Å². The molecule has 2 heterocycles. The van der Waals surface area contributed by atoms with E-state index in [2.05, 4.69) is 21.9 Å². The molecule has 1 atom stereocenters. The Morgan fingerprint density at radius 3 is 2.54 bits per heavy atom. The van der Waals surface area contributed by atoms with Gasteiger partial charge < -0.3 is 25.2 Å². The van der Waals surface area contributed by atoms with Crippen molar-refractivity contribution in [3.63, 3.8) is 0 Å². The highest BCUT2D eigenvalue weighted by Crippen LogP contribution is 2.42. The second kappa shape index (κ2) is 13.1. The van der Waals surface area contributed by atoms with Crippen molar-refractivity contribution in [1.82, 2.24) is 9.80 Å². The van der Waals surface area contributed by atoms with Crippen molar-refractivity contribution in [2.24, 2.45) is 10.7 Å². The zero-order valence-corrected chi connectivity index (χ0v) is 22.7. The average molecular weight is 547 g/mol. The molecule has 8 nitrogen and oxygen atoms in total. The smallest absolute Gasteiger partial charge is 0.323 e. The maximum Gasteiger partial charge on any atom is 0.323 e. The third-order valence-electron chi connectivity index (χ3n) is 6.81. The number of hydrogen-bond donors (Lipinski definition) is 2. The highest BCUT2D eigenvalue weighted by molar-refractivity contribution is 7.99. The monoisotopic (exact) mass is 546 g/mol. The minimum absolute atomic E-state index is 0.200. The second-order valence-electron chi connectivity index (χ2n) is 9.59. The van der Waals surface area contributed by atoms with E-state index in [1.807, 2.05) is 48.5 Å². The number of carbonyl (C=O) groups excluding carboxylic acids is 1. The lowest BCUT2D eigenvalue weighted by Crippen LogP contribution is -2.49. The fourth-order valence-electron chi connectivity index (χ4n) is 4.69. The lowest BCUT2D eigenvalue weighted by atomic mass is 10.1. The van der Waals surface area contributed by atoms with Crippen LogP contribution in [0.25, 0.3) is 0 Å². The number of ether oxygens (including phenoxy) is 2. The van der Waals surface area contributed by atoms with Crippen molar-refractivity contribution in [3.05, 3.63) is 83.9 Å². The van der Waals surface area contributed by atoms with Crippen molar-refractivity contribution < 1.29 is 19.4 Å². The van der Waals surface area contributed by atoms with Gasteiger partial charge in [0.25, 0.3) is 0 Å². The summed E-state index contributed by atoms with van der Waals surface area (Å²) in [5.41, 5.74) is 8.98. The number of aromatic hydroxyl groups is 1. The minimum Gasteiger partial charge on any atom is -0.508 e. The van der Waals surface area contributed by atoms with E-state index in [1.54, 1.807) is 23.9 Å². The highest BCUT2D eigenvalue weighted by Gasteiger charge is 2.25. The summed E-state index contributed by atoms with van der Waals surface area (Å²) in [4.78, 5) is 24.0. The SMILES string of the molecule is N[C@H](Cc1ccccc1)C(=O)OCCOCCN1CCN(C2=Nc3ccc(O)cc3Sc3ccccc32)CC1. The Hall–Kier alpha value is -3.37. The summed E-state index contributed by atoms with van der Waals surface area (Å²) in [6, 6.07) is 22.7. The van der Waals surface area contributed by atoms with E-state index in [4.69, 9.17) is 20.2 Å². The van der Waals surface area contributed by atoms with Gasteiger partial charge in [-0.15, -0.1) is 0 Å². The molecule has 0 bridgehead atoms. The number of benzene rings is 3. The lowest BCUT2D eigenvalue weighted by molar-refractivity contribution is -0.146. The Morgan fingerprint density at radius 2 is 1.72 bits per heavy atom. The van der Waals surface area contributed by atoms with Crippen LogP contribution < -0.4 is 5.73 Å². The third-order valence-corrected chi connectivity index (χ3v) is 7.94. The molecular weight excluding hydrogens is 512 g/mol. The van der Waals surface area contributed by atoms with Gasteiger partial charge in [-0.2, -0.15) is 0 Å². The van der Waals surface area contributed by atoms with Gasteiger partial charge in [-0.1, -0.05) is 60.3 Å². The van der Waals surface area contributed by atoms with Crippen LogP contribution in [0.4, 0.5) is 5.69 Å². The quantitative estimate of drug-likeness (QED) is 0.310. The first-order chi connectivity index (χ1) is 19.1. The molecule has 0 radical (unpaired) electrons. The summed E-state index contributed by atoms with van der Waals surface area (Å²) in [6.45, 7) is 5.48. The summed E-state index contributed by atoms with van der Waals surface area (Å²) in [5, 5.41) is 9.97. The molecule has 204 valence electrons. The molecule has 0 aromatic heterocycles. The van der Waals surface area contributed by atoms with Crippen LogP contribution in [0.15, 0.2) is 87.6 Å². The number of phenols is 1. The van der Waals surface area contributed by atoms with E-state index >= 15 is 0 Å². The molecule has 9 heteroatoms. The number of nitrogens with two attached hydrogens (primary N) is 1. The predicted molar refractivity (Wildman–Crippen MR) is 153 cm³/mol. The molecule has 0 spiro atoms. The number of hydrogen-bond acceptors (Lipinski definition) is 9. The summed E-state index contributed by atoms with van der Waals surface area (Å²) >= 11 is 1.64. The number of aliphatic imine (C=N–C) groups is 1. The molecule has 3 aromatic carbocycles. The van der Waals surface area contributed by atoms with Gasteiger partial charge in [0.15, 0.2) is 0 Å². The number of carbonyl (C=O) groups is 1.